The molecule has 0 fully saturated rings. The monoisotopic (exact) mass is 210 g/mol. The Hall–Kier alpha value is -0.900. The predicted molar refractivity (Wildman–Crippen MR) is 58.7 cm³/mol. The van der Waals surface area contributed by atoms with Gasteiger partial charge in [-0.1, -0.05) is 24.3 Å². The summed E-state index contributed by atoms with van der Waals surface area (Å²) < 4.78 is 5.17. The van der Waals surface area contributed by atoms with E-state index in [1.165, 1.54) is 0 Å². The van der Waals surface area contributed by atoms with Crippen LogP contribution in [0.1, 0.15) is 24.2 Å². The quantitative estimate of drug-likeness (QED) is 0.696. The summed E-state index contributed by atoms with van der Waals surface area (Å²) in [5.74, 6) is 0. The SMILES string of the molecule is CC(O)c1cccc(CCOCCO)c1. The molecule has 1 aromatic rings. The highest BCUT2D eigenvalue weighted by atomic mass is 16.5. The Balaban J connectivity index is 2.43. The third-order valence-corrected chi connectivity index (χ3v) is 2.20. The maximum Gasteiger partial charge on any atom is 0.0762 e. The van der Waals surface area contributed by atoms with Crippen molar-refractivity contribution >= 4 is 0 Å². The fourth-order valence-corrected chi connectivity index (χ4v) is 1.37. The zero-order chi connectivity index (χ0) is 11.1. The van der Waals surface area contributed by atoms with Crippen molar-refractivity contribution < 1.29 is 14.9 Å². The van der Waals surface area contributed by atoms with E-state index in [0.29, 0.717) is 13.2 Å². The lowest BCUT2D eigenvalue weighted by Crippen LogP contribution is -2.03. The van der Waals surface area contributed by atoms with Crippen LogP contribution in [0.5, 0.6) is 0 Å². The highest BCUT2D eigenvalue weighted by Crippen LogP contribution is 2.13. The average Bonchev–Trinajstić information content (AvgIpc) is 2.25. The molecule has 3 nitrogen and oxygen atoms in total. The van der Waals surface area contributed by atoms with Gasteiger partial charge in [-0.25, -0.2) is 0 Å². The molecule has 0 saturated heterocycles. The van der Waals surface area contributed by atoms with E-state index in [9.17, 15) is 5.11 Å². The van der Waals surface area contributed by atoms with E-state index in [2.05, 4.69) is 0 Å². The van der Waals surface area contributed by atoms with E-state index >= 15 is 0 Å². The molecular weight excluding hydrogens is 192 g/mol. The molecule has 15 heavy (non-hydrogen) atoms. The van der Waals surface area contributed by atoms with Crippen LogP contribution < -0.4 is 0 Å². The summed E-state index contributed by atoms with van der Waals surface area (Å²) >= 11 is 0. The van der Waals surface area contributed by atoms with Crippen LogP contribution in [0.15, 0.2) is 24.3 Å². The summed E-state index contributed by atoms with van der Waals surface area (Å²) in [5.41, 5.74) is 2.07. The minimum atomic E-state index is -0.427. The van der Waals surface area contributed by atoms with E-state index in [4.69, 9.17) is 9.84 Å². The first-order valence-electron chi connectivity index (χ1n) is 5.19. The molecule has 0 aliphatic heterocycles. The molecule has 0 aliphatic carbocycles. The van der Waals surface area contributed by atoms with E-state index < -0.39 is 6.10 Å². The minimum Gasteiger partial charge on any atom is -0.394 e. The highest BCUT2D eigenvalue weighted by Gasteiger charge is 2.01. The smallest absolute Gasteiger partial charge is 0.0762 e. The molecule has 2 N–H and O–H groups in total. The molecule has 0 aromatic heterocycles. The van der Waals surface area contributed by atoms with Crippen molar-refractivity contribution in [1.29, 1.82) is 0 Å². The molecule has 1 aromatic carbocycles. The standard InChI is InChI=1S/C12H18O3/c1-10(14)12-4-2-3-11(9-12)5-7-15-8-6-13/h2-4,9-10,13-14H,5-8H2,1H3. The second kappa shape index (κ2) is 6.56. The molecule has 1 unspecified atom stereocenters. The molecule has 0 saturated carbocycles. The number of hydrogen-bond donors (Lipinski definition) is 2. The lowest BCUT2D eigenvalue weighted by atomic mass is 10.1. The number of aliphatic hydroxyl groups is 2. The zero-order valence-corrected chi connectivity index (χ0v) is 9.02. The third-order valence-electron chi connectivity index (χ3n) is 2.20. The Morgan fingerprint density at radius 2 is 2.13 bits per heavy atom. The topological polar surface area (TPSA) is 49.7 Å². The predicted octanol–water partition coefficient (Wildman–Crippen LogP) is 1.29. The molecule has 84 valence electrons. The molecular formula is C12H18O3. The van der Waals surface area contributed by atoms with Crippen molar-refractivity contribution in [1.82, 2.24) is 0 Å². The molecule has 3 heteroatoms. The summed E-state index contributed by atoms with van der Waals surface area (Å²) in [5, 5.41) is 17.9. The van der Waals surface area contributed by atoms with Crippen LogP contribution in [0, 0.1) is 0 Å². The Kier molecular flexibility index (Phi) is 5.32. The molecule has 1 atom stereocenters. The second-order valence-electron chi connectivity index (χ2n) is 3.51. The van der Waals surface area contributed by atoms with Gasteiger partial charge in [0, 0.05) is 0 Å². The minimum absolute atomic E-state index is 0.0632. The van der Waals surface area contributed by atoms with Gasteiger partial charge in [0.25, 0.3) is 0 Å². The van der Waals surface area contributed by atoms with Gasteiger partial charge in [0.05, 0.1) is 25.9 Å². The molecule has 0 radical (unpaired) electrons. The van der Waals surface area contributed by atoms with Crippen LogP contribution in [0.3, 0.4) is 0 Å². The van der Waals surface area contributed by atoms with Crippen LogP contribution in [0.25, 0.3) is 0 Å². The van der Waals surface area contributed by atoms with Crippen LogP contribution in [-0.2, 0) is 11.2 Å². The van der Waals surface area contributed by atoms with Gasteiger partial charge in [0.2, 0.25) is 0 Å². The van der Waals surface area contributed by atoms with Crippen molar-refractivity contribution in [3.63, 3.8) is 0 Å². The van der Waals surface area contributed by atoms with Gasteiger partial charge in [-0.05, 0) is 24.5 Å². The van der Waals surface area contributed by atoms with Gasteiger partial charge in [0.1, 0.15) is 0 Å². The van der Waals surface area contributed by atoms with Crippen LogP contribution in [0.2, 0.25) is 0 Å². The lowest BCUT2D eigenvalue weighted by molar-refractivity contribution is 0.0944. The van der Waals surface area contributed by atoms with Crippen LogP contribution in [-0.4, -0.2) is 30.0 Å². The third kappa shape index (κ3) is 4.42. The Bertz CT molecular complexity index is 284. The van der Waals surface area contributed by atoms with Gasteiger partial charge in [-0.15, -0.1) is 0 Å². The zero-order valence-electron chi connectivity index (χ0n) is 9.02. The van der Waals surface area contributed by atoms with Gasteiger partial charge in [0.15, 0.2) is 0 Å². The maximum absolute atomic E-state index is 9.39. The highest BCUT2D eigenvalue weighted by molar-refractivity contribution is 5.24. The second-order valence-corrected chi connectivity index (χ2v) is 3.51. The summed E-state index contributed by atoms with van der Waals surface area (Å²) in [7, 11) is 0. The van der Waals surface area contributed by atoms with Gasteiger partial charge < -0.3 is 14.9 Å². The van der Waals surface area contributed by atoms with Crippen LogP contribution in [0.4, 0.5) is 0 Å². The fourth-order valence-electron chi connectivity index (χ4n) is 1.37. The molecule has 0 bridgehead atoms. The summed E-state index contributed by atoms with van der Waals surface area (Å²) in [4.78, 5) is 0. The first-order valence-corrected chi connectivity index (χ1v) is 5.19. The normalized spacial score (nSPS) is 12.7. The van der Waals surface area contributed by atoms with Crippen molar-refractivity contribution in [2.24, 2.45) is 0 Å². The lowest BCUT2D eigenvalue weighted by Gasteiger charge is -2.07. The Labute approximate surface area is 90.3 Å². The van der Waals surface area contributed by atoms with Crippen molar-refractivity contribution in [2.75, 3.05) is 19.8 Å². The van der Waals surface area contributed by atoms with Gasteiger partial charge in [-0.3, -0.25) is 0 Å². The van der Waals surface area contributed by atoms with Gasteiger partial charge in [-0.2, -0.15) is 0 Å². The number of rotatable bonds is 6. The van der Waals surface area contributed by atoms with E-state index in [1.54, 1.807) is 6.92 Å². The molecule has 0 heterocycles. The summed E-state index contributed by atoms with van der Waals surface area (Å²) in [6.45, 7) is 2.80. The number of hydrogen-bond acceptors (Lipinski definition) is 3. The molecule has 1 rings (SSSR count). The average molecular weight is 210 g/mol. The van der Waals surface area contributed by atoms with Crippen molar-refractivity contribution in [2.45, 2.75) is 19.4 Å². The summed E-state index contributed by atoms with van der Waals surface area (Å²) in [6.07, 6.45) is 0.379. The van der Waals surface area contributed by atoms with Gasteiger partial charge >= 0.3 is 0 Å². The summed E-state index contributed by atoms with van der Waals surface area (Å²) in [6, 6.07) is 7.83. The Morgan fingerprint density at radius 1 is 1.33 bits per heavy atom. The van der Waals surface area contributed by atoms with Crippen molar-refractivity contribution in [3.8, 4) is 0 Å². The first kappa shape index (κ1) is 12.2. The Morgan fingerprint density at radius 3 is 2.80 bits per heavy atom. The first-order chi connectivity index (χ1) is 7.24. The largest absolute Gasteiger partial charge is 0.394 e. The fraction of sp³-hybridized carbons (Fsp3) is 0.500. The number of benzene rings is 1. The number of ether oxygens (including phenoxy) is 1. The van der Waals surface area contributed by atoms with Crippen molar-refractivity contribution in [3.05, 3.63) is 35.4 Å². The van der Waals surface area contributed by atoms with E-state index in [1.807, 2.05) is 24.3 Å². The maximum atomic E-state index is 9.39. The van der Waals surface area contributed by atoms with E-state index in [0.717, 1.165) is 17.5 Å². The molecule has 0 spiro atoms. The number of aliphatic hydroxyl groups excluding tert-OH is 2. The molecule has 0 amide bonds. The van der Waals surface area contributed by atoms with Crippen LogP contribution >= 0.6 is 0 Å². The van der Waals surface area contributed by atoms with E-state index in [-0.39, 0.29) is 6.61 Å². The molecule has 0 aliphatic rings.